The first-order valence-electron chi connectivity index (χ1n) is 3.69. The molecule has 0 atom stereocenters. The molecule has 13 heavy (non-hydrogen) atoms. The molecule has 4 heteroatoms. The Labute approximate surface area is 95.9 Å². The minimum atomic E-state index is -0.876. The summed E-state index contributed by atoms with van der Waals surface area (Å²) in [6.45, 7) is 1.81. The van der Waals surface area contributed by atoms with Crippen molar-refractivity contribution in [2.45, 2.75) is 12.7 Å². The van der Waals surface area contributed by atoms with E-state index in [1.807, 2.05) is 13.0 Å². The Hall–Kier alpha value is -0.230. The first kappa shape index (κ1) is 10.8. The second-order valence-electron chi connectivity index (χ2n) is 2.70. The largest absolute Gasteiger partial charge is 0.478 e. The van der Waals surface area contributed by atoms with E-state index in [9.17, 15) is 4.79 Å². The molecule has 0 amide bonds. The fraction of sp³-hybridized carbons (Fsp3) is 0.222. The van der Waals surface area contributed by atoms with Gasteiger partial charge < -0.3 is 5.11 Å². The van der Waals surface area contributed by atoms with Crippen LogP contribution in [-0.2, 0) is 5.75 Å². The fourth-order valence-corrected chi connectivity index (χ4v) is 2.14. The number of carbonyl (C=O) groups is 1. The molecule has 1 N–H and O–H groups in total. The first-order valence-corrected chi connectivity index (χ1v) is 5.40. The van der Waals surface area contributed by atoms with E-state index in [1.165, 1.54) is 0 Å². The van der Waals surface area contributed by atoms with Crippen molar-refractivity contribution < 1.29 is 9.90 Å². The van der Waals surface area contributed by atoms with Gasteiger partial charge in [-0.3, -0.25) is 0 Å². The highest BCUT2D eigenvalue weighted by molar-refractivity contribution is 14.1. The molecular weight excluding hydrogens is 299 g/mol. The molecule has 2 nitrogen and oxygen atoms in total. The average molecular weight is 308 g/mol. The monoisotopic (exact) mass is 308 g/mol. The SMILES string of the molecule is Cc1c(CS)cc(I)cc1C(=O)O. The molecule has 0 aliphatic carbocycles. The summed E-state index contributed by atoms with van der Waals surface area (Å²) >= 11 is 6.25. The summed E-state index contributed by atoms with van der Waals surface area (Å²) in [5.41, 5.74) is 2.16. The molecule has 0 radical (unpaired) electrons. The quantitative estimate of drug-likeness (QED) is 0.651. The lowest BCUT2D eigenvalue weighted by Gasteiger charge is -2.07. The lowest BCUT2D eigenvalue weighted by atomic mass is 10.0. The van der Waals surface area contributed by atoms with Crippen molar-refractivity contribution in [3.05, 3.63) is 32.4 Å². The molecule has 0 heterocycles. The molecule has 1 aromatic rings. The molecule has 0 saturated heterocycles. The van der Waals surface area contributed by atoms with Crippen molar-refractivity contribution >= 4 is 41.2 Å². The standard InChI is InChI=1S/C9H9IO2S/c1-5-6(4-13)2-7(10)3-8(5)9(11)12/h2-3,13H,4H2,1H3,(H,11,12). The summed E-state index contributed by atoms with van der Waals surface area (Å²) in [6, 6.07) is 3.63. The van der Waals surface area contributed by atoms with Crippen LogP contribution in [0.15, 0.2) is 12.1 Å². The maximum atomic E-state index is 10.8. The lowest BCUT2D eigenvalue weighted by molar-refractivity contribution is 0.0696. The Morgan fingerprint density at radius 1 is 1.62 bits per heavy atom. The van der Waals surface area contributed by atoms with Crippen LogP contribution in [0.2, 0.25) is 0 Å². The Morgan fingerprint density at radius 2 is 2.23 bits per heavy atom. The molecule has 1 aromatic carbocycles. The van der Waals surface area contributed by atoms with Crippen LogP contribution >= 0.6 is 35.2 Å². The van der Waals surface area contributed by atoms with Crippen LogP contribution in [0.5, 0.6) is 0 Å². The number of carboxylic acid groups (broad SMARTS) is 1. The van der Waals surface area contributed by atoms with E-state index in [4.69, 9.17) is 5.11 Å². The van der Waals surface area contributed by atoms with E-state index < -0.39 is 5.97 Å². The molecule has 0 aliphatic heterocycles. The number of benzene rings is 1. The number of hydrogen-bond donors (Lipinski definition) is 2. The van der Waals surface area contributed by atoms with Gasteiger partial charge in [0.1, 0.15) is 0 Å². The molecule has 0 bridgehead atoms. The van der Waals surface area contributed by atoms with E-state index in [0.717, 1.165) is 14.7 Å². The summed E-state index contributed by atoms with van der Waals surface area (Å²) in [5, 5.41) is 8.88. The summed E-state index contributed by atoms with van der Waals surface area (Å²) in [7, 11) is 0. The number of rotatable bonds is 2. The summed E-state index contributed by atoms with van der Waals surface area (Å²) < 4.78 is 0.935. The van der Waals surface area contributed by atoms with Crippen molar-refractivity contribution in [1.29, 1.82) is 0 Å². The van der Waals surface area contributed by atoms with E-state index in [-0.39, 0.29) is 0 Å². The molecule has 0 unspecified atom stereocenters. The van der Waals surface area contributed by atoms with Crippen LogP contribution in [0.1, 0.15) is 21.5 Å². The van der Waals surface area contributed by atoms with Gasteiger partial charge in [0.2, 0.25) is 0 Å². The van der Waals surface area contributed by atoms with Crippen molar-refractivity contribution in [2.24, 2.45) is 0 Å². The van der Waals surface area contributed by atoms with Crippen molar-refractivity contribution in [3.63, 3.8) is 0 Å². The topological polar surface area (TPSA) is 37.3 Å². The zero-order valence-electron chi connectivity index (χ0n) is 7.04. The van der Waals surface area contributed by atoms with E-state index in [2.05, 4.69) is 35.2 Å². The van der Waals surface area contributed by atoms with Crippen LogP contribution in [-0.4, -0.2) is 11.1 Å². The van der Waals surface area contributed by atoms with Crippen LogP contribution in [0.3, 0.4) is 0 Å². The highest BCUT2D eigenvalue weighted by atomic mass is 127. The van der Waals surface area contributed by atoms with Gasteiger partial charge in [0.25, 0.3) is 0 Å². The van der Waals surface area contributed by atoms with Gasteiger partial charge >= 0.3 is 5.97 Å². The van der Waals surface area contributed by atoms with Crippen molar-refractivity contribution in [2.75, 3.05) is 0 Å². The van der Waals surface area contributed by atoms with Crippen LogP contribution < -0.4 is 0 Å². The average Bonchev–Trinajstić information content (AvgIpc) is 2.08. The Morgan fingerprint density at radius 3 is 2.69 bits per heavy atom. The minimum Gasteiger partial charge on any atom is -0.478 e. The molecule has 1 rings (SSSR count). The molecule has 0 aromatic heterocycles. The van der Waals surface area contributed by atoms with E-state index >= 15 is 0 Å². The third-order valence-corrected chi connectivity index (χ3v) is 2.84. The van der Waals surface area contributed by atoms with Gasteiger partial charge in [0, 0.05) is 9.32 Å². The first-order chi connectivity index (χ1) is 6.06. The Bertz CT molecular complexity index is 350. The van der Waals surface area contributed by atoms with Gasteiger partial charge in [0.05, 0.1) is 5.56 Å². The zero-order valence-corrected chi connectivity index (χ0v) is 10.1. The molecule has 0 fully saturated rings. The lowest BCUT2D eigenvalue weighted by Crippen LogP contribution is -2.02. The number of thiol groups is 1. The predicted octanol–water partition coefficient (Wildman–Crippen LogP) is 2.73. The summed E-state index contributed by atoms with van der Waals surface area (Å²) in [4.78, 5) is 10.8. The van der Waals surface area contributed by atoms with Gasteiger partial charge in [-0.2, -0.15) is 12.6 Å². The van der Waals surface area contributed by atoms with Gasteiger partial charge in [-0.15, -0.1) is 0 Å². The molecule has 70 valence electrons. The maximum absolute atomic E-state index is 10.8. The highest BCUT2D eigenvalue weighted by Crippen LogP contribution is 2.19. The van der Waals surface area contributed by atoms with Gasteiger partial charge in [0.15, 0.2) is 0 Å². The minimum absolute atomic E-state index is 0.371. The van der Waals surface area contributed by atoms with Crippen LogP contribution in [0, 0.1) is 10.5 Å². The highest BCUT2D eigenvalue weighted by Gasteiger charge is 2.10. The zero-order chi connectivity index (χ0) is 10.0. The smallest absolute Gasteiger partial charge is 0.335 e. The van der Waals surface area contributed by atoms with Crippen molar-refractivity contribution in [3.8, 4) is 0 Å². The molecule has 0 saturated carbocycles. The summed E-state index contributed by atoms with van der Waals surface area (Å²) in [6.07, 6.45) is 0. The third-order valence-electron chi connectivity index (χ3n) is 1.88. The normalized spacial score (nSPS) is 10.1. The number of aromatic carboxylic acids is 1. The van der Waals surface area contributed by atoms with E-state index in [1.54, 1.807) is 6.07 Å². The summed E-state index contributed by atoms with van der Waals surface area (Å²) in [5.74, 6) is -0.304. The molecule has 0 spiro atoms. The number of hydrogen-bond acceptors (Lipinski definition) is 2. The van der Waals surface area contributed by atoms with Crippen LogP contribution in [0.25, 0.3) is 0 Å². The number of halogens is 1. The van der Waals surface area contributed by atoms with Gasteiger partial charge in [-0.05, 0) is 52.8 Å². The molecule has 0 aliphatic rings. The van der Waals surface area contributed by atoms with Gasteiger partial charge in [-0.25, -0.2) is 4.79 Å². The van der Waals surface area contributed by atoms with Crippen LogP contribution in [0.4, 0.5) is 0 Å². The Kier molecular flexibility index (Phi) is 3.61. The fourth-order valence-electron chi connectivity index (χ4n) is 1.12. The maximum Gasteiger partial charge on any atom is 0.335 e. The number of carboxylic acids is 1. The third kappa shape index (κ3) is 2.37. The predicted molar refractivity (Wildman–Crippen MR) is 63.5 cm³/mol. The van der Waals surface area contributed by atoms with E-state index in [0.29, 0.717) is 11.3 Å². The van der Waals surface area contributed by atoms with Gasteiger partial charge in [-0.1, -0.05) is 0 Å². The molecular formula is C9H9IO2S. The second kappa shape index (κ2) is 4.32. The Balaban J connectivity index is 3.35. The van der Waals surface area contributed by atoms with Crippen molar-refractivity contribution in [1.82, 2.24) is 0 Å². The second-order valence-corrected chi connectivity index (χ2v) is 4.26.